The molecule has 0 aromatic carbocycles. The second-order valence-electron chi connectivity index (χ2n) is 2.54. The van der Waals surface area contributed by atoms with Crippen LogP contribution in [0.3, 0.4) is 0 Å². The van der Waals surface area contributed by atoms with Crippen LogP contribution in [0.1, 0.15) is 20.8 Å². The molecule has 0 aliphatic carbocycles. The van der Waals surface area contributed by atoms with Gasteiger partial charge in [-0.15, -0.1) is 0 Å². The molecule has 0 saturated heterocycles. The van der Waals surface area contributed by atoms with E-state index in [0.717, 1.165) is 0 Å². The van der Waals surface area contributed by atoms with Gasteiger partial charge in [0.05, 0.1) is 30.4 Å². The Labute approximate surface area is 147 Å². The molecular formula is C6H15CeO9S3. The summed E-state index contributed by atoms with van der Waals surface area (Å²) in [6, 6.07) is 0. The van der Waals surface area contributed by atoms with Crippen LogP contribution in [0.4, 0.5) is 0 Å². The average molecular weight is 467 g/mol. The maximum absolute atomic E-state index is 9.44. The monoisotopic (exact) mass is 467 g/mol. The number of hydrogen-bond donors (Lipinski definition) is 0. The van der Waals surface area contributed by atoms with Gasteiger partial charge in [-0.2, -0.15) is 0 Å². The van der Waals surface area contributed by atoms with E-state index in [9.17, 15) is 38.9 Å². The van der Waals surface area contributed by atoms with Crippen molar-refractivity contribution in [2.45, 2.75) is 20.8 Å². The largest absolute Gasteiger partial charge is 3.00 e. The molecule has 0 aromatic heterocycles. The molecule has 115 valence electrons. The zero-order chi connectivity index (χ0) is 15.6. The van der Waals surface area contributed by atoms with Crippen LogP contribution in [-0.2, 0) is 30.4 Å². The Morgan fingerprint density at radius 2 is 0.632 bits per heavy atom. The summed E-state index contributed by atoms with van der Waals surface area (Å²) in [5, 5.41) is 0. The molecule has 0 spiro atoms. The van der Waals surface area contributed by atoms with E-state index >= 15 is 0 Å². The Bertz CT molecular complexity index is 414. The summed E-state index contributed by atoms with van der Waals surface area (Å²) in [5.41, 5.74) is 0. The van der Waals surface area contributed by atoms with Gasteiger partial charge in [0.15, 0.2) is 0 Å². The summed E-state index contributed by atoms with van der Waals surface area (Å²) in [4.78, 5) is 0. The van der Waals surface area contributed by atoms with E-state index in [1.807, 2.05) is 0 Å². The molecule has 0 fully saturated rings. The van der Waals surface area contributed by atoms with Crippen LogP contribution in [0.5, 0.6) is 0 Å². The van der Waals surface area contributed by atoms with E-state index in [0.29, 0.717) is 0 Å². The molecule has 0 bridgehead atoms. The van der Waals surface area contributed by atoms with Gasteiger partial charge in [-0.1, -0.05) is 20.8 Å². The molecule has 0 aliphatic rings. The minimum absolute atomic E-state index is 0. The van der Waals surface area contributed by atoms with Gasteiger partial charge in [0.1, 0.15) is 0 Å². The first kappa shape index (κ1) is 28.3. The van der Waals surface area contributed by atoms with E-state index in [2.05, 4.69) is 0 Å². The summed E-state index contributed by atoms with van der Waals surface area (Å²) < 4.78 is 85.0. The fourth-order valence-electron chi connectivity index (χ4n) is 0. The molecule has 0 unspecified atom stereocenters. The zero-order valence-electron chi connectivity index (χ0n) is 10.5. The third-order valence-corrected chi connectivity index (χ3v) is 3.18. The first-order chi connectivity index (χ1) is 7.68. The number of hydrogen-bond acceptors (Lipinski definition) is 9. The van der Waals surface area contributed by atoms with Gasteiger partial charge in [-0.05, 0) is 0 Å². The average Bonchev–Trinajstić information content (AvgIpc) is 2.16. The van der Waals surface area contributed by atoms with Crippen molar-refractivity contribution >= 4 is 30.4 Å². The Kier molecular flexibility index (Phi) is 19.1. The van der Waals surface area contributed by atoms with Gasteiger partial charge in [0, 0.05) is 17.3 Å². The molecule has 0 aromatic rings. The van der Waals surface area contributed by atoms with Crippen LogP contribution >= 0.6 is 0 Å². The molecule has 0 heterocycles. The van der Waals surface area contributed by atoms with Gasteiger partial charge in [0.25, 0.3) is 0 Å². The molecule has 0 aliphatic heterocycles. The zero-order valence-corrected chi connectivity index (χ0v) is 16.1. The third-order valence-electron chi connectivity index (χ3n) is 1.06. The first-order valence-electron chi connectivity index (χ1n) is 4.49. The van der Waals surface area contributed by atoms with E-state index in [1.54, 1.807) is 0 Å². The normalized spacial score (nSPS) is 11.1. The Hall–Kier alpha value is 1.11. The van der Waals surface area contributed by atoms with Gasteiger partial charge in [0.2, 0.25) is 0 Å². The molecule has 13 heteroatoms. The predicted molar refractivity (Wildman–Crippen MR) is 60.7 cm³/mol. The quantitative estimate of drug-likeness (QED) is 0.455. The predicted octanol–water partition coefficient (Wildman–Crippen LogP) is -1.35. The van der Waals surface area contributed by atoms with Crippen LogP contribution in [0, 0.1) is 41.7 Å². The Morgan fingerprint density at radius 3 is 0.632 bits per heavy atom. The minimum atomic E-state index is -3.91. The molecule has 0 atom stereocenters. The molecule has 0 amide bonds. The van der Waals surface area contributed by atoms with Crippen LogP contribution in [0.2, 0.25) is 0 Å². The molecule has 0 N–H and O–H groups in total. The number of rotatable bonds is 3. The summed E-state index contributed by atoms with van der Waals surface area (Å²) in [7, 11) is -11.7. The van der Waals surface area contributed by atoms with E-state index in [-0.39, 0.29) is 59.0 Å². The van der Waals surface area contributed by atoms with Crippen molar-refractivity contribution in [3.63, 3.8) is 0 Å². The van der Waals surface area contributed by atoms with Gasteiger partial charge < -0.3 is 13.7 Å². The maximum atomic E-state index is 9.44. The Morgan fingerprint density at radius 1 is 0.579 bits per heavy atom. The van der Waals surface area contributed by atoms with Crippen LogP contribution in [-0.4, -0.2) is 56.2 Å². The summed E-state index contributed by atoms with van der Waals surface area (Å²) in [6.07, 6.45) is 0. The second kappa shape index (κ2) is 12.8. The van der Waals surface area contributed by atoms with Crippen molar-refractivity contribution in [3.8, 4) is 0 Å². The van der Waals surface area contributed by atoms with E-state index < -0.39 is 30.4 Å². The van der Waals surface area contributed by atoms with Crippen LogP contribution < -0.4 is 0 Å². The van der Waals surface area contributed by atoms with Gasteiger partial charge in [-0.25, -0.2) is 25.3 Å². The standard InChI is InChI=1S/3C2H6O3S.Ce/c3*1-2-6(3,4)5;/h3*2H2,1H3,(H,3,4,5);/q;;;+3/p-3. The van der Waals surface area contributed by atoms with Gasteiger partial charge >= 0.3 is 41.7 Å². The molecule has 0 saturated carbocycles. The maximum Gasteiger partial charge on any atom is 3.00 e. The fraction of sp³-hybridized carbons (Fsp3) is 1.00. The summed E-state index contributed by atoms with van der Waals surface area (Å²) in [5.74, 6) is -0.938. The smallest absolute Gasteiger partial charge is 0.748 e. The topological polar surface area (TPSA) is 172 Å². The van der Waals surface area contributed by atoms with Crippen molar-refractivity contribution in [1.29, 1.82) is 0 Å². The Balaban J connectivity index is -0.0000000865. The molecule has 1 radical (unpaired) electrons. The third kappa shape index (κ3) is 54.7. The first-order valence-corrected chi connectivity index (χ1v) is 9.22. The van der Waals surface area contributed by atoms with Gasteiger partial charge in [-0.3, -0.25) is 0 Å². The second-order valence-corrected chi connectivity index (χ2v) is 7.62. The van der Waals surface area contributed by atoms with Crippen molar-refractivity contribution in [2.24, 2.45) is 0 Å². The van der Waals surface area contributed by atoms with Crippen molar-refractivity contribution in [1.82, 2.24) is 0 Å². The van der Waals surface area contributed by atoms with Crippen LogP contribution in [0.25, 0.3) is 0 Å². The van der Waals surface area contributed by atoms with Crippen LogP contribution in [0.15, 0.2) is 0 Å². The molecular weight excluding hydrogens is 452 g/mol. The SMILES string of the molecule is CCS(=O)(=O)[O-].CCS(=O)(=O)[O-].CCS(=O)(=O)[O-].[Ce+3]. The molecule has 0 rings (SSSR count). The summed E-state index contributed by atoms with van der Waals surface area (Å²) in [6.45, 7) is 3.92. The molecule has 19 heavy (non-hydrogen) atoms. The van der Waals surface area contributed by atoms with Crippen molar-refractivity contribution < 1.29 is 80.7 Å². The van der Waals surface area contributed by atoms with E-state index in [4.69, 9.17) is 0 Å². The molecule has 9 nitrogen and oxygen atoms in total. The minimum Gasteiger partial charge on any atom is -0.748 e. The fourth-order valence-corrected chi connectivity index (χ4v) is 0. The van der Waals surface area contributed by atoms with Crippen molar-refractivity contribution in [2.75, 3.05) is 17.3 Å². The van der Waals surface area contributed by atoms with E-state index in [1.165, 1.54) is 20.8 Å². The summed E-state index contributed by atoms with van der Waals surface area (Å²) >= 11 is 0. The van der Waals surface area contributed by atoms with Crippen molar-refractivity contribution in [3.05, 3.63) is 0 Å².